The number of anilines is 2. The highest BCUT2D eigenvalue weighted by Crippen LogP contribution is 2.29. The van der Waals surface area contributed by atoms with Crippen molar-refractivity contribution in [1.29, 1.82) is 0 Å². The van der Waals surface area contributed by atoms with Crippen molar-refractivity contribution in [1.82, 2.24) is 4.90 Å². The molecule has 1 unspecified atom stereocenters. The molecule has 1 aromatic rings. The number of benzene rings is 1. The topological polar surface area (TPSA) is 44.4 Å². The van der Waals surface area contributed by atoms with Crippen LogP contribution in [0, 0.1) is 0 Å². The maximum absolute atomic E-state index is 13.2. The van der Waals surface area contributed by atoms with Crippen molar-refractivity contribution in [3.63, 3.8) is 0 Å². The van der Waals surface area contributed by atoms with Crippen molar-refractivity contribution in [2.75, 3.05) is 37.8 Å². The van der Waals surface area contributed by atoms with Crippen LogP contribution in [-0.2, 0) is 0 Å². The van der Waals surface area contributed by atoms with Gasteiger partial charge in [-0.1, -0.05) is 25.8 Å². The van der Waals surface area contributed by atoms with Crippen LogP contribution >= 0.6 is 0 Å². The number of likely N-dealkylation sites (tertiary alicyclic amines) is 1. The first-order valence-corrected chi connectivity index (χ1v) is 8.49. The molecule has 122 valence electrons. The van der Waals surface area contributed by atoms with Gasteiger partial charge in [-0.2, -0.15) is 0 Å². The Morgan fingerprint density at radius 3 is 2.50 bits per heavy atom. The van der Waals surface area contributed by atoms with Crippen molar-refractivity contribution in [3.8, 4) is 0 Å². The van der Waals surface area contributed by atoms with E-state index in [2.05, 4.69) is 22.5 Å². The van der Waals surface area contributed by atoms with Crippen molar-refractivity contribution in [2.45, 2.75) is 45.1 Å². The number of hydrogen-bond donors (Lipinski definition) is 2. The van der Waals surface area contributed by atoms with Gasteiger partial charge in [0.25, 0.3) is 0 Å². The minimum atomic E-state index is 0.0295. The molecule has 1 heterocycles. The second-order valence-electron chi connectivity index (χ2n) is 5.99. The van der Waals surface area contributed by atoms with E-state index in [0.29, 0.717) is 0 Å². The molecule has 1 fully saturated rings. The van der Waals surface area contributed by atoms with E-state index in [-0.39, 0.29) is 11.8 Å². The van der Waals surface area contributed by atoms with Gasteiger partial charge in [-0.25, -0.2) is 0 Å². The second kappa shape index (κ2) is 8.18. The molecule has 2 N–H and O–H groups in total. The van der Waals surface area contributed by atoms with Crippen LogP contribution < -0.4 is 10.6 Å². The van der Waals surface area contributed by atoms with Gasteiger partial charge < -0.3 is 10.6 Å². The van der Waals surface area contributed by atoms with Crippen LogP contribution in [0.1, 0.15) is 49.4 Å². The molecule has 0 radical (unpaired) electrons. The summed E-state index contributed by atoms with van der Waals surface area (Å²) in [5.41, 5.74) is 2.64. The van der Waals surface area contributed by atoms with Crippen molar-refractivity contribution >= 4 is 17.2 Å². The van der Waals surface area contributed by atoms with Gasteiger partial charge in [-0.3, -0.25) is 9.69 Å². The fraction of sp³-hybridized carbons (Fsp3) is 0.611. The summed E-state index contributed by atoms with van der Waals surface area (Å²) in [6.07, 6.45) is 5.67. The highest BCUT2D eigenvalue weighted by molar-refractivity contribution is 6.09. The highest BCUT2D eigenvalue weighted by atomic mass is 16.1. The molecule has 1 atom stereocenters. The van der Waals surface area contributed by atoms with Crippen LogP contribution in [0.5, 0.6) is 0 Å². The van der Waals surface area contributed by atoms with Gasteiger partial charge in [0.2, 0.25) is 0 Å². The van der Waals surface area contributed by atoms with E-state index in [1.807, 2.05) is 32.3 Å². The van der Waals surface area contributed by atoms with Crippen LogP contribution in [0.4, 0.5) is 11.4 Å². The van der Waals surface area contributed by atoms with Gasteiger partial charge in [0, 0.05) is 25.5 Å². The Kier molecular flexibility index (Phi) is 6.25. The lowest BCUT2D eigenvalue weighted by molar-refractivity contribution is 0.0745. The third-order valence-corrected chi connectivity index (χ3v) is 4.56. The number of carbonyl (C=O) groups is 1. The zero-order chi connectivity index (χ0) is 15.9. The summed E-state index contributed by atoms with van der Waals surface area (Å²) in [7, 11) is 3.75. The quantitative estimate of drug-likeness (QED) is 0.755. The maximum atomic E-state index is 13.2. The number of unbranched alkanes of at least 4 members (excludes halogenated alkanes) is 1. The van der Waals surface area contributed by atoms with Gasteiger partial charge in [-0.15, -0.1) is 0 Å². The standard InChI is InChI=1S/C18H29N3O/c1-4-5-12-21-13-7-6-11-16(21)18(22)17-14(19-2)9-8-10-15(17)20-3/h8-10,16,19-20H,4-7,11-13H2,1-3H3. The third kappa shape index (κ3) is 3.61. The lowest BCUT2D eigenvalue weighted by Gasteiger charge is -2.35. The van der Waals surface area contributed by atoms with E-state index in [1.54, 1.807) is 0 Å². The predicted molar refractivity (Wildman–Crippen MR) is 94.0 cm³/mol. The number of nitrogens with one attached hydrogen (secondary N) is 2. The van der Waals surface area contributed by atoms with Gasteiger partial charge in [0.05, 0.1) is 11.6 Å². The number of nitrogens with zero attached hydrogens (tertiary/aromatic N) is 1. The molecule has 0 aromatic heterocycles. The van der Waals surface area contributed by atoms with Gasteiger partial charge in [0.1, 0.15) is 0 Å². The normalized spacial score (nSPS) is 19.0. The molecule has 0 spiro atoms. The number of piperidine rings is 1. The fourth-order valence-corrected chi connectivity index (χ4v) is 3.32. The molecular formula is C18H29N3O. The van der Waals surface area contributed by atoms with E-state index in [9.17, 15) is 4.79 Å². The lowest BCUT2D eigenvalue weighted by Crippen LogP contribution is -2.45. The molecule has 0 amide bonds. The van der Waals surface area contributed by atoms with Crippen LogP contribution in [0.15, 0.2) is 18.2 Å². The number of rotatable bonds is 7. The molecular weight excluding hydrogens is 274 g/mol. The Morgan fingerprint density at radius 1 is 1.23 bits per heavy atom. The Labute approximate surface area is 134 Å². The SMILES string of the molecule is CCCCN1CCCCC1C(=O)c1c(NC)cccc1NC. The molecule has 1 saturated heterocycles. The summed E-state index contributed by atoms with van der Waals surface area (Å²) in [5, 5.41) is 6.34. The van der Waals surface area contributed by atoms with Crippen molar-refractivity contribution < 1.29 is 4.79 Å². The molecule has 0 saturated carbocycles. The molecule has 22 heavy (non-hydrogen) atoms. The van der Waals surface area contributed by atoms with E-state index >= 15 is 0 Å². The molecule has 0 aliphatic carbocycles. The van der Waals surface area contributed by atoms with Crippen LogP contribution in [0.25, 0.3) is 0 Å². The molecule has 4 heteroatoms. The van der Waals surface area contributed by atoms with E-state index in [0.717, 1.165) is 49.3 Å². The zero-order valence-electron chi connectivity index (χ0n) is 14.1. The average Bonchev–Trinajstić information content (AvgIpc) is 2.58. The van der Waals surface area contributed by atoms with E-state index in [1.165, 1.54) is 12.8 Å². The van der Waals surface area contributed by atoms with Crippen LogP contribution in [0.2, 0.25) is 0 Å². The summed E-state index contributed by atoms with van der Waals surface area (Å²) in [4.78, 5) is 15.6. The Morgan fingerprint density at radius 2 is 1.91 bits per heavy atom. The summed E-state index contributed by atoms with van der Waals surface area (Å²) < 4.78 is 0. The van der Waals surface area contributed by atoms with Crippen LogP contribution in [-0.4, -0.2) is 43.9 Å². The van der Waals surface area contributed by atoms with Crippen molar-refractivity contribution in [2.24, 2.45) is 0 Å². The molecule has 0 bridgehead atoms. The Bertz CT molecular complexity index is 479. The molecule has 1 aliphatic heterocycles. The van der Waals surface area contributed by atoms with Crippen molar-refractivity contribution in [3.05, 3.63) is 23.8 Å². The van der Waals surface area contributed by atoms with E-state index < -0.39 is 0 Å². The third-order valence-electron chi connectivity index (χ3n) is 4.56. The molecule has 1 aromatic carbocycles. The summed E-state index contributed by atoms with van der Waals surface area (Å²) >= 11 is 0. The first kappa shape index (κ1) is 16.8. The first-order valence-electron chi connectivity index (χ1n) is 8.49. The number of ketones is 1. The molecule has 4 nitrogen and oxygen atoms in total. The minimum absolute atomic E-state index is 0.0295. The van der Waals surface area contributed by atoms with Gasteiger partial charge in [0.15, 0.2) is 5.78 Å². The summed E-state index contributed by atoms with van der Waals surface area (Å²) in [6.45, 7) is 4.28. The predicted octanol–water partition coefficient (Wildman–Crippen LogP) is 3.61. The Balaban J connectivity index is 2.28. The number of carbonyl (C=O) groups excluding carboxylic acids is 1. The molecule has 1 aliphatic rings. The fourth-order valence-electron chi connectivity index (χ4n) is 3.32. The maximum Gasteiger partial charge on any atom is 0.184 e. The first-order chi connectivity index (χ1) is 10.7. The largest absolute Gasteiger partial charge is 0.387 e. The number of hydrogen-bond acceptors (Lipinski definition) is 4. The van der Waals surface area contributed by atoms with Gasteiger partial charge >= 0.3 is 0 Å². The van der Waals surface area contributed by atoms with E-state index in [4.69, 9.17) is 0 Å². The smallest absolute Gasteiger partial charge is 0.184 e. The zero-order valence-corrected chi connectivity index (χ0v) is 14.1. The minimum Gasteiger partial charge on any atom is -0.387 e. The van der Waals surface area contributed by atoms with Crippen LogP contribution in [0.3, 0.4) is 0 Å². The summed E-state index contributed by atoms with van der Waals surface area (Å²) in [5.74, 6) is 0.255. The number of Topliss-reactive ketones (excluding diaryl/α,β-unsaturated/α-hetero) is 1. The molecule has 2 rings (SSSR count). The Hall–Kier alpha value is -1.55. The monoisotopic (exact) mass is 303 g/mol. The highest BCUT2D eigenvalue weighted by Gasteiger charge is 2.31. The summed E-state index contributed by atoms with van der Waals surface area (Å²) in [6, 6.07) is 5.96. The van der Waals surface area contributed by atoms with Gasteiger partial charge in [-0.05, 0) is 44.5 Å². The average molecular weight is 303 g/mol. The second-order valence-corrected chi connectivity index (χ2v) is 5.99. The lowest BCUT2D eigenvalue weighted by atomic mass is 9.92.